The fraction of sp³-hybridized carbons (Fsp3) is 0.929. The van der Waals surface area contributed by atoms with E-state index < -0.39 is 5.54 Å². The second-order valence-electron chi connectivity index (χ2n) is 6.11. The smallest absolute Gasteiger partial charge is 0.143 e. The van der Waals surface area contributed by atoms with Crippen LogP contribution in [-0.4, -0.2) is 82.8 Å². The lowest BCUT2D eigenvalue weighted by molar-refractivity contribution is -0.116. The van der Waals surface area contributed by atoms with Crippen LogP contribution in [0.1, 0.15) is 6.92 Å². The number of nitrogens with one attached hydrogen (secondary N) is 5. The average Bonchev–Trinajstić information content (AvgIpc) is 2.50. The summed E-state index contributed by atoms with van der Waals surface area (Å²) in [5.74, 6) is 0.156. The first-order chi connectivity index (χ1) is 10.6. The molecule has 0 spiro atoms. The van der Waals surface area contributed by atoms with E-state index in [9.17, 15) is 4.79 Å². The van der Waals surface area contributed by atoms with E-state index in [-0.39, 0.29) is 11.8 Å². The number of nitrogens with two attached hydrogens (primary N) is 2. The normalized spacial score (nSPS) is 29.7. The van der Waals surface area contributed by atoms with Crippen LogP contribution in [0.4, 0.5) is 0 Å². The van der Waals surface area contributed by atoms with Crippen LogP contribution < -0.4 is 38.1 Å². The summed E-state index contributed by atoms with van der Waals surface area (Å²) >= 11 is 0. The maximum Gasteiger partial charge on any atom is 0.143 e. The van der Waals surface area contributed by atoms with Crippen LogP contribution in [0.3, 0.4) is 0 Å². The van der Waals surface area contributed by atoms with E-state index >= 15 is 0 Å². The molecule has 1 rings (SSSR count). The lowest BCUT2D eigenvalue weighted by Gasteiger charge is -2.29. The van der Waals surface area contributed by atoms with E-state index in [1.165, 1.54) is 0 Å². The molecular formula is C14H33N7O. The van der Waals surface area contributed by atoms with Crippen molar-refractivity contribution < 1.29 is 4.79 Å². The highest BCUT2D eigenvalue weighted by molar-refractivity contribution is 5.77. The lowest BCUT2D eigenvalue weighted by atomic mass is 10.0. The number of hydrogen-bond acceptors (Lipinski definition) is 8. The molecule has 0 aromatic heterocycles. The Hall–Kier alpha value is -0.610. The molecule has 22 heavy (non-hydrogen) atoms. The fourth-order valence-corrected chi connectivity index (χ4v) is 2.29. The first-order valence-electron chi connectivity index (χ1n) is 8.10. The molecule has 0 radical (unpaired) electrons. The Morgan fingerprint density at radius 1 is 1.09 bits per heavy atom. The van der Waals surface area contributed by atoms with Crippen molar-refractivity contribution in [2.24, 2.45) is 11.5 Å². The zero-order valence-corrected chi connectivity index (χ0v) is 13.7. The van der Waals surface area contributed by atoms with Gasteiger partial charge in [-0.2, -0.15) is 0 Å². The summed E-state index contributed by atoms with van der Waals surface area (Å²) in [5.41, 5.74) is 11.6. The van der Waals surface area contributed by atoms with Crippen LogP contribution in [0.5, 0.6) is 0 Å². The molecule has 0 saturated carbocycles. The number of carbonyl (C=O) groups excluding carboxylic acids is 1. The van der Waals surface area contributed by atoms with Crippen LogP contribution in [0.2, 0.25) is 0 Å². The third-order valence-corrected chi connectivity index (χ3v) is 3.74. The van der Waals surface area contributed by atoms with Crippen molar-refractivity contribution in [2.45, 2.75) is 18.5 Å². The van der Waals surface area contributed by atoms with Gasteiger partial charge >= 0.3 is 0 Å². The quantitative estimate of drug-likeness (QED) is 0.285. The minimum Gasteiger partial charge on any atom is -0.329 e. The van der Waals surface area contributed by atoms with Gasteiger partial charge in [-0.1, -0.05) is 0 Å². The summed E-state index contributed by atoms with van der Waals surface area (Å²) in [4.78, 5) is 11.1. The monoisotopic (exact) mass is 315 g/mol. The predicted molar refractivity (Wildman–Crippen MR) is 89.9 cm³/mol. The highest BCUT2D eigenvalue weighted by Crippen LogP contribution is 1.94. The summed E-state index contributed by atoms with van der Waals surface area (Å²) in [6.45, 7) is 8.87. The Balaban J connectivity index is 2.39. The van der Waals surface area contributed by atoms with Crippen molar-refractivity contribution >= 4 is 5.78 Å². The Labute approximate surface area is 133 Å². The number of rotatable bonds is 4. The molecule has 1 aliphatic heterocycles. The second-order valence-corrected chi connectivity index (χ2v) is 6.11. The minimum absolute atomic E-state index is 0.156. The SMILES string of the molecule is CC(=O)CNC1CNCCNCC(N)(CN)CNCCNC1. The van der Waals surface area contributed by atoms with Crippen LogP contribution in [0, 0.1) is 0 Å². The van der Waals surface area contributed by atoms with Crippen LogP contribution in [0.15, 0.2) is 0 Å². The van der Waals surface area contributed by atoms with Gasteiger partial charge in [-0.25, -0.2) is 0 Å². The van der Waals surface area contributed by atoms with Crippen LogP contribution >= 0.6 is 0 Å². The second kappa shape index (κ2) is 11.0. The van der Waals surface area contributed by atoms with Crippen molar-refractivity contribution in [1.82, 2.24) is 26.6 Å². The van der Waals surface area contributed by atoms with E-state index in [1.54, 1.807) is 6.92 Å². The van der Waals surface area contributed by atoms with Gasteiger partial charge in [-0.3, -0.25) is 4.79 Å². The number of hydrogen-bond donors (Lipinski definition) is 7. The standard InChI is InChI=1S/C14H33N7O/c1-12(22)6-21-13-7-17-2-4-19-10-14(16,9-15)11-20-5-3-18-8-13/h13,17-21H,2-11,15-16H2,1H3. The van der Waals surface area contributed by atoms with Crippen LogP contribution in [0.25, 0.3) is 0 Å². The lowest BCUT2D eigenvalue weighted by Crippen LogP contribution is -2.61. The molecule has 0 unspecified atom stereocenters. The highest BCUT2D eigenvalue weighted by Gasteiger charge is 2.22. The van der Waals surface area contributed by atoms with Crippen molar-refractivity contribution in [3.05, 3.63) is 0 Å². The van der Waals surface area contributed by atoms with Gasteiger partial charge in [-0.15, -0.1) is 0 Å². The van der Waals surface area contributed by atoms with E-state index in [2.05, 4.69) is 26.6 Å². The number of carbonyl (C=O) groups is 1. The Morgan fingerprint density at radius 3 is 2.05 bits per heavy atom. The molecule has 8 nitrogen and oxygen atoms in total. The first-order valence-corrected chi connectivity index (χ1v) is 8.10. The van der Waals surface area contributed by atoms with Crippen LogP contribution in [-0.2, 0) is 4.79 Å². The molecule has 1 fully saturated rings. The van der Waals surface area contributed by atoms with Crippen molar-refractivity contribution in [2.75, 3.05) is 65.4 Å². The molecule has 0 atom stereocenters. The van der Waals surface area contributed by atoms with Gasteiger partial charge in [0.05, 0.1) is 12.1 Å². The summed E-state index contributed by atoms with van der Waals surface area (Å²) in [6, 6.07) is 0.240. The molecule has 0 aromatic carbocycles. The van der Waals surface area contributed by atoms with E-state index in [0.717, 1.165) is 39.3 Å². The Kier molecular flexibility index (Phi) is 9.73. The van der Waals surface area contributed by atoms with Gasteiger partial charge in [0.15, 0.2) is 0 Å². The van der Waals surface area contributed by atoms with Crippen molar-refractivity contribution in [3.8, 4) is 0 Å². The molecule has 9 N–H and O–H groups in total. The van der Waals surface area contributed by atoms with E-state index in [1.807, 2.05) is 0 Å². The maximum atomic E-state index is 11.1. The zero-order valence-electron chi connectivity index (χ0n) is 13.7. The van der Waals surface area contributed by atoms with Gasteiger partial charge in [0, 0.05) is 64.9 Å². The molecule has 1 aliphatic rings. The molecule has 1 heterocycles. The molecule has 130 valence electrons. The molecule has 8 heteroatoms. The van der Waals surface area contributed by atoms with E-state index in [4.69, 9.17) is 11.5 Å². The zero-order chi connectivity index (χ0) is 16.3. The average molecular weight is 315 g/mol. The van der Waals surface area contributed by atoms with Gasteiger partial charge in [0.1, 0.15) is 5.78 Å². The van der Waals surface area contributed by atoms with E-state index in [0.29, 0.717) is 26.2 Å². The van der Waals surface area contributed by atoms with Crippen molar-refractivity contribution in [3.63, 3.8) is 0 Å². The Morgan fingerprint density at radius 2 is 1.59 bits per heavy atom. The van der Waals surface area contributed by atoms with Gasteiger partial charge in [0.25, 0.3) is 0 Å². The molecule has 0 bridgehead atoms. The van der Waals surface area contributed by atoms with Gasteiger partial charge in [-0.05, 0) is 6.92 Å². The third kappa shape index (κ3) is 8.74. The molecule has 0 amide bonds. The number of Topliss-reactive ketones (excluding diaryl/α,β-unsaturated/α-hetero) is 1. The third-order valence-electron chi connectivity index (χ3n) is 3.74. The number of ketones is 1. The fourth-order valence-electron chi connectivity index (χ4n) is 2.29. The predicted octanol–water partition coefficient (Wildman–Crippen LogP) is -3.44. The maximum absolute atomic E-state index is 11.1. The molecule has 0 aromatic rings. The summed E-state index contributed by atoms with van der Waals surface area (Å²) < 4.78 is 0. The highest BCUT2D eigenvalue weighted by atomic mass is 16.1. The molecule has 0 aliphatic carbocycles. The van der Waals surface area contributed by atoms with Crippen molar-refractivity contribution in [1.29, 1.82) is 0 Å². The summed E-state index contributed by atoms with van der Waals surface area (Å²) in [5, 5.41) is 16.8. The minimum atomic E-state index is -0.407. The summed E-state index contributed by atoms with van der Waals surface area (Å²) in [6.07, 6.45) is 0. The largest absolute Gasteiger partial charge is 0.329 e. The first kappa shape index (κ1) is 19.4. The van der Waals surface area contributed by atoms with Gasteiger partial charge in [0.2, 0.25) is 0 Å². The van der Waals surface area contributed by atoms with Gasteiger partial charge < -0.3 is 38.1 Å². The molecule has 1 saturated heterocycles. The molecular weight excluding hydrogens is 282 g/mol. The topological polar surface area (TPSA) is 129 Å². The Bertz CT molecular complexity index is 298. The summed E-state index contributed by atoms with van der Waals surface area (Å²) in [7, 11) is 0.